The Kier molecular flexibility index (Phi) is 6.95. The van der Waals surface area contributed by atoms with Crippen molar-refractivity contribution in [2.24, 2.45) is 0 Å². The highest BCUT2D eigenvalue weighted by Crippen LogP contribution is 2.28. The van der Waals surface area contributed by atoms with Crippen LogP contribution in [0.25, 0.3) is 0 Å². The van der Waals surface area contributed by atoms with Gasteiger partial charge in [-0.2, -0.15) is 4.98 Å². The largest absolute Gasteiger partial charge is 0.497 e. The summed E-state index contributed by atoms with van der Waals surface area (Å²) in [4.78, 5) is 23.5. The lowest BCUT2D eigenvalue weighted by Gasteiger charge is -2.27. The first-order valence-electron chi connectivity index (χ1n) is 10.3. The number of benzene rings is 2. The number of hydrogen-bond acceptors (Lipinski definition) is 6. The van der Waals surface area contributed by atoms with E-state index in [1.807, 2.05) is 38.1 Å². The summed E-state index contributed by atoms with van der Waals surface area (Å²) >= 11 is 0. The van der Waals surface area contributed by atoms with E-state index in [-0.39, 0.29) is 12.1 Å². The van der Waals surface area contributed by atoms with Crippen molar-refractivity contribution in [3.63, 3.8) is 0 Å². The molecule has 0 aliphatic carbocycles. The lowest BCUT2D eigenvalue weighted by molar-refractivity contribution is 0.0646. The predicted molar refractivity (Wildman–Crippen MR) is 127 cm³/mol. The van der Waals surface area contributed by atoms with Gasteiger partial charge in [0.05, 0.1) is 24.4 Å². The summed E-state index contributed by atoms with van der Waals surface area (Å²) in [5.74, 6) is 1.36. The number of rotatable bonds is 7. The molecule has 32 heavy (non-hydrogen) atoms. The van der Waals surface area contributed by atoms with Crippen molar-refractivity contribution >= 4 is 29.2 Å². The molecular weight excluding hydrogens is 406 g/mol. The molecule has 1 atom stereocenters. The number of urea groups is 1. The minimum atomic E-state index is -0.974. The third-order valence-electron chi connectivity index (χ3n) is 5.11. The summed E-state index contributed by atoms with van der Waals surface area (Å²) in [6.45, 7) is 7.22. The molecule has 0 aliphatic rings. The molecule has 0 radical (unpaired) electrons. The highest BCUT2D eigenvalue weighted by Gasteiger charge is 2.24. The van der Waals surface area contributed by atoms with Crippen LogP contribution in [0.3, 0.4) is 0 Å². The van der Waals surface area contributed by atoms with Crippen LogP contribution in [0.1, 0.15) is 26.3 Å². The molecule has 0 spiro atoms. The second kappa shape index (κ2) is 9.65. The monoisotopic (exact) mass is 435 g/mol. The zero-order chi connectivity index (χ0) is 23.3. The molecule has 3 aromatic rings. The van der Waals surface area contributed by atoms with Gasteiger partial charge in [0.25, 0.3) is 0 Å². The van der Waals surface area contributed by atoms with Crippen molar-refractivity contribution in [3.05, 3.63) is 66.4 Å². The van der Waals surface area contributed by atoms with Crippen LogP contribution < -0.4 is 20.3 Å². The van der Waals surface area contributed by atoms with E-state index in [4.69, 9.17) is 4.74 Å². The molecule has 0 saturated heterocycles. The molecule has 8 heteroatoms. The average molecular weight is 436 g/mol. The smallest absolute Gasteiger partial charge is 0.332 e. The number of aromatic nitrogens is 2. The minimum Gasteiger partial charge on any atom is -0.497 e. The third-order valence-corrected chi connectivity index (χ3v) is 5.11. The molecule has 0 aliphatic heterocycles. The van der Waals surface area contributed by atoms with Crippen LogP contribution in [0.15, 0.2) is 60.8 Å². The van der Waals surface area contributed by atoms with Crippen molar-refractivity contribution in [3.8, 4) is 5.75 Å². The van der Waals surface area contributed by atoms with Crippen LogP contribution in [0.2, 0.25) is 0 Å². The maximum Gasteiger partial charge on any atom is 0.332 e. The number of carbonyl (C=O) groups is 1. The maximum atomic E-state index is 13.3. The fourth-order valence-electron chi connectivity index (χ4n) is 2.81. The molecule has 2 amide bonds. The SMILES string of the molecule is COc1ccc(N(C(=O)Nc2ccc(C)cc2)c2ccnc(N[C@@H](C)C(C)(C)O)n2)cc1. The number of aliphatic hydroxyl groups is 1. The number of amides is 2. The van der Waals surface area contributed by atoms with E-state index in [1.165, 1.54) is 4.90 Å². The lowest BCUT2D eigenvalue weighted by atomic mass is 10.0. The Bertz CT molecular complexity index is 1050. The van der Waals surface area contributed by atoms with Crippen LogP contribution in [-0.4, -0.2) is 39.9 Å². The van der Waals surface area contributed by atoms with Crippen molar-refractivity contribution in [2.75, 3.05) is 22.6 Å². The Hall–Kier alpha value is -3.65. The van der Waals surface area contributed by atoms with E-state index >= 15 is 0 Å². The fraction of sp³-hybridized carbons (Fsp3) is 0.292. The van der Waals surface area contributed by atoms with E-state index < -0.39 is 5.60 Å². The molecule has 3 N–H and O–H groups in total. The van der Waals surface area contributed by atoms with Crippen LogP contribution in [0.5, 0.6) is 5.75 Å². The molecule has 0 bridgehead atoms. The van der Waals surface area contributed by atoms with E-state index in [0.29, 0.717) is 28.9 Å². The zero-order valence-corrected chi connectivity index (χ0v) is 19.0. The van der Waals surface area contributed by atoms with Gasteiger partial charge in [-0.15, -0.1) is 0 Å². The number of aryl methyl sites for hydroxylation is 1. The minimum absolute atomic E-state index is 0.304. The number of nitrogens with one attached hydrogen (secondary N) is 2. The molecule has 1 heterocycles. The number of nitrogens with zero attached hydrogens (tertiary/aromatic N) is 3. The molecule has 168 valence electrons. The molecule has 3 rings (SSSR count). The summed E-state index contributed by atoms with van der Waals surface area (Å²) in [6, 6.07) is 15.6. The fourth-order valence-corrected chi connectivity index (χ4v) is 2.81. The topological polar surface area (TPSA) is 99.6 Å². The zero-order valence-electron chi connectivity index (χ0n) is 19.0. The number of ether oxygens (including phenoxy) is 1. The quantitative estimate of drug-likeness (QED) is 0.496. The Morgan fingerprint density at radius 3 is 2.34 bits per heavy atom. The Balaban J connectivity index is 1.95. The van der Waals surface area contributed by atoms with Crippen LogP contribution >= 0.6 is 0 Å². The van der Waals surface area contributed by atoms with E-state index in [0.717, 1.165) is 5.56 Å². The number of carbonyl (C=O) groups excluding carboxylic acids is 1. The normalized spacial score (nSPS) is 12.1. The van der Waals surface area contributed by atoms with Gasteiger partial charge < -0.3 is 20.5 Å². The molecule has 0 unspecified atom stereocenters. The van der Waals surface area contributed by atoms with Gasteiger partial charge in [0.1, 0.15) is 11.6 Å². The van der Waals surface area contributed by atoms with E-state index in [9.17, 15) is 9.90 Å². The molecule has 0 fully saturated rings. The van der Waals surface area contributed by atoms with Gasteiger partial charge >= 0.3 is 6.03 Å². The predicted octanol–water partition coefficient (Wildman–Crippen LogP) is 4.74. The average Bonchev–Trinajstić information content (AvgIpc) is 2.76. The summed E-state index contributed by atoms with van der Waals surface area (Å²) in [5.41, 5.74) is 1.40. The summed E-state index contributed by atoms with van der Waals surface area (Å²) in [6.07, 6.45) is 1.57. The number of hydrogen-bond donors (Lipinski definition) is 3. The standard InChI is InChI=1S/C24H29N5O3/c1-16-6-8-18(9-7-16)27-23(30)29(19-10-12-20(32-5)13-11-19)21-14-15-25-22(28-21)26-17(2)24(3,4)31/h6-15,17,31H,1-5H3,(H,27,30)(H,25,26,28)/t17-/m0/s1. The second-order valence-corrected chi connectivity index (χ2v) is 8.09. The van der Waals surface area contributed by atoms with E-state index in [2.05, 4.69) is 20.6 Å². The number of methoxy groups -OCH3 is 1. The Labute approximate surface area is 188 Å². The van der Waals surface area contributed by atoms with Gasteiger partial charge in [0, 0.05) is 18.0 Å². The highest BCUT2D eigenvalue weighted by molar-refractivity contribution is 6.06. The van der Waals surface area contributed by atoms with Crippen LogP contribution in [0.4, 0.5) is 27.9 Å². The summed E-state index contributed by atoms with van der Waals surface area (Å²) < 4.78 is 5.24. The molecule has 8 nitrogen and oxygen atoms in total. The first-order valence-corrected chi connectivity index (χ1v) is 10.3. The van der Waals surface area contributed by atoms with Crippen molar-refractivity contribution in [2.45, 2.75) is 39.3 Å². The maximum absolute atomic E-state index is 13.3. The van der Waals surface area contributed by atoms with Gasteiger partial charge in [-0.25, -0.2) is 14.7 Å². The van der Waals surface area contributed by atoms with Gasteiger partial charge in [-0.1, -0.05) is 17.7 Å². The first-order chi connectivity index (χ1) is 15.2. The van der Waals surface area contributed by atoms with Crippen molar-refractivity contribution < 1.29 is 14.6 Å². The lowest BCUT2D eigenvalue weighted by Crippen LogP contribution is -2.40. The third kappa shape index (κ3) is 5.73. The molecule has 1 aromatic heterocycles. The van der Waals surface area contributed by atoms with Gasteiger partial charge in [0.2, 0.25) is 5.95 Å². The van der Waals surface area contributed by atoms with Gasteiger partial charge in [-0.3, -0.25) is 0 Å². The highest BCUT2D eigenvalue weighted by atomic mass is 16.5. The van der Waals surface area contributed by atoms with Crippen molar-refractivity contribution in [1.29, 1.82) is 0 Å². The van der Waals surface area contributed by atoms with Gasteiger partial charge in [0.15, 0.2) is 0 Å². The summed E-state index contributed by atoms with van der Waals surface area (Å²) in [7, 11) is 1.59. The molecule has 0 saturated carbocycles. The van der Waals surface area contributed by atoms with Gasteiger partial charge in [-0.05, 0) is 64.1 Å². The van der Waals surface area contributed by atoms with Crippen molar-refractivity contribution in [1.82, 2.24) is 9.97 Å². The molecule has 2 aromatic carbocycles. The van der Waals surface area contributed by atoms with E-state index in [1.54, 1.807) is 57.5 Å². The van der Waals surface area contributed by atoms with Crippen LogP contribution in [0, 0.1) is 6.92 Å². The summed E-state index contributed by atoms with van der Waals surface area (Å²) in [5, 5.41) is 16.2. The Morgan fingerprint density at radius 1 is 1.09 bits per heavy atom. The molecular formula is C24H29N5O3. The second-order valence-electron chi connectivity index (χ2n) is 8.09. The first kappa shape index (κ1) is 23.0. The Morgan fingerprint density at radius 2 is 1.75 bits per heavy atom. The van der Waals surface area contributed by atoms with Crippen LogP contribution in [-0.2, 0) is 0 Å². The number of anilines is 4.